The summed E-state index contributed by atoms with van der Waals surface area (Å²) in [6.07, 6.45) is 12.7. The highest BCUT2D eigenvalue weighted by molar-refractivity contribution is 7.99. The number of para-hydroxylation sites is 2. The first-order valence-electron chi connectivity index (χ1n) is 13.2. The Morgan fingerprint density at radius 1 is 0.703 bits per heavy atom. The molecular formula is C35H33NS. The van der Waals surface area contributed by atoms with Crippen molar-refractivity contribution >= 4 is 35.3 Å². The van der Waals surface area contributed by atoms with E-state index in [4.69, 9.17) is 0 Å². The van der Waals surface area contributed by atoms with Gasteiger partial charge in [0, 0.05) is 22.5 Å². The molecule has 2 heteroatoms. The van der Waals surface area contributed by atoms with Crippen LogP contribution in [0.5, 0.6) is 0 Å². The van der Waals surface area contributed by atoms with E-state index in [9.17, 15) is 0 Å². The highest BCUT2D eigenvalue weighted by Gasteiger charge is 2.23. The van der Waals surface area contributed by atoms with E-state index >= 15 is 0 Å². The van der Waals surface area contributed by atoms with E-state index in [1.54, 1.807) is 11.1 Å². The summed E-state index contributed by atoms with van der Waals surface area (Å²) in [5, 5.41) is 5.71. The van der Waals surface area contributed by atoms with Gasteiger partial charge >= 0.3 is 0 Å². The van der Waals surface area contributed by atoms with E-state index in [1.165, 1.54) is 50.0 Å². The van der Waals surface area contributed by atoms with Crippen LogP contribution in [0.3, 0.4) is 0 Å². The molecule has 0 unspecified atom stereocenters. The number of hydrogen-bond donors (Lipinski definition) is 0. The van der Waals surface area contributed by atoms with Crippen LogP contribution in [-0.2, 0) is 12.8 Å². The lowest BCUT2D eigenvalue weighted by atomic mass is 9.76. The zero-order chi connectivity index (χ0) is 25.2. The van der Waals surface area contributed by atoms with Crippen LogP contribution < -0.4 is 15.3 Å². The number of hydrogen-bond acceptors (Lipinski definition) is 2. The van der Waals surface area contributed by atoms with Gasteiger partial charge in [0.15, 0.2) is 0 Å². The molecule has 4 aromatic rings. The smallest absolute Gasteiger partial charge is 0.0591 e. The minimum absolute atomic E-state index is 0.402. The number of anilines is 2. The maximum Gasteiger partial charge on any atom is 0.0591 e. The monoisotopic (exact) mass is 499 g/mol. The van der Waals surface area contributed by atoms with Crippen molar-refractivity contribution in [2.75, 3.05) is 10.7 Å². The second kappa shape index (κ2) is 10.1. The minimum atomic E-state index is 0.402. The standard InChI is InChI=1S/C20H20.C15H13NS/c1-20(2)12-11-15-8-9-17-16-6-4-3-5-14(16)7-10-18(17)19(15)13-20;1-2-7-13(8-3-1)16-11-6-12-17-15-10-5-4-9-14(15)16/h3-9,11H,10,12-13H2,1-2H3;1-11H,12H2. The van der Waals surface area contributed by atoms with Crippen LogP contribution in [0.4, 0.5) is 11.4 Å². The average molecular weight is 500 g/mol. The molecule has 0 spiro atoms. The molecule has 0 saturated carbocycles. The molecule has 1 heterocycles. The fourth-order valence-corrected chi connectivity index (χ4v) is 6.48. The highest BCUT2D eigenvalue weighted by atomic mass is 32.2. The van der Waals surface area contributed by atoms with Crippen LogP contribution in [-0.4, -0.2) is 5.75 Å². The summed E-state index contributed by atoms with van der Waals surface area (Å²) in [7, 11) is 0. The number of fused-ring (bicyclic) bond motifs is 5. The SMILES string of the molecule is C1=CN(c2ccccc2)c2ccccc2SC1.CC1(C)CC=c2ccc3c(c2C1)CC=c1ccccc1=3. The van der Waals surface area contributed by atoms with Crippen molar-refractivity contribution in [2.24, 2.45) is 5.41 Å². The van der Waals surface area contributed by atoms with Gasteiger partial charge in [-0.05, 0) is 80.9 Å². The first-order valence-corrected chi connectivity index (χ1v) is 14.2. The quantitative estimate of drug-likeness (QED) is 0.267. The molecule has 0 amide bonds. The van der Waals surface area contributed by atoms with Gasteiger partial charge < -0.3 is 4.90 Å². The first kappa shape index (κ1) is 23.9. The third-order valence-corrected chi connectivity index (χ3v) is 8.54. The highest BCUT2D eigenvalue weighted by Crippen LogP contribution is 2.37. The minimum Gasteiger partial charge on any atom is -0.316 e. The molecule has 0 N–H and O–H groups in total. The topological polar surface area (TPSA) is 3.24 Å². The Morgan fingerprint density at radius 3 is 2.38 bits per heavy atom. The van der Waals surface area contributed by atoms with Gasteiger partial charge in [-0.2, -0.15) is 0 Å². The van der Waals surface area contributed by atoms with Gasteiger partial charge in [-0.1, -0.05) is 98.8 Å². The van der Waals surface area contributed by atoms with Gasteiger partial charge in [-0.25, -0.2) is 0 Å². The maximum absolute atomic E-state index is 2.43. The first-order chi connectivity index (χ1) is 18.1. The molecule has 0 aromatic heterocycles. The predicted octanol–water partition coefficient (Wildman–Crippen LogP) is 7.51. The number of rotatable bonds is 1. The normalized spacial score (nSPS) is 16.3. The summed E-state index contributed by atoms with van der Waals surface area (Å²) in [5.41, 5.74) is 6.02. The van der Waals surface area contributed by atoms with Gasteiger partial charge in [-0.3, -0.25) is 0 Å². The Hall–Kier alpha value is -3.49. The summed E-state index contributed by atoms with van der Waals surface area (Å²) in [4.78, 5) is 3.58. The van der Waals surface area contributed by atoms with Crippen LogP contribution >= 0.6 is 11.8 Å². The Labute approximate surface area is 224 Å². The predicted molar refractivity (Wildman–Crippen MR) is 159 cm³/mol. The van der Waals surface area contributed by atoms with E-state index in [1.807, 2.05) is 17.8 Å². The molecule has 0 saturated heterocycles. The lowest BCUT2D eigenvalue weighted by molar-refractivity contribution is 0.369. The molecule has 1 aliphatic heterocycles. The fourth-order valence-electron chi connectivity index (χ4n) is 5.62. The number of benzene rings is 4. The van der Waals surface area contributed by atoms with Gasteiger partial charge in [0.25, 0.3) is 0 Å². The van der Waals surface area contributed by atoms with Crippen molar-refractivity contribution in [3.05, 3.63) is 135 Å². The fraction of sp³-hybridized carbons (Fsp3) is 0.200. The summed E-state index contributed by atoms with van der Waals surface area (Å²) in [6.45, 7) is 4.76. The Kier molecular flexibility index (Phi) is 6.52. The lowest BCUT2D eigenvalue weighted by Crippen LogP contribution is -2.28. The molecular weight excluding hydrogens is 466 g/mol. The lowest BCUT2D eigenvalue weighted by Gasteiger charge is -2.29. The van der Waals surface area contributed by atoms with Crippen molar-refractivity contribution in [1.29, 1.82) is 0 Å². The van der Waals surface area contributed by atoms with E-state index < -0.39 is 0 Å². The molecule has 37 heavy (non-hydrogen) atoms. The molecule has 0 bridgehead atoms. The van der Waals surface area contributed by atoms with E-state index in [2.05, 4.69) is 128 Å². The van der Waals surface area contributed by atoms with Crippen molar-refractivity contribution in [3.8, 4) is 0 Å². The molecule has 0 atom stereocenters. The zero-order valence-electron chi connectivity index (χ0n) is 21.7. The van der Waals surface area contributed by atoms with Crippen molar-refractivity contribution in [3.63, 3.8) is 0 Å². The van der Waals surface area contributed by atoms with E-state index in [-0.39, 0.29) is 0 Å². The molecule has 2 aliphatic carbocycles. The molecule has 7 rings (SSSR count). The van der Waals surface area contributed by atoms with E-state index in [0.29, 0.717) is 5.41 Å². The molecule has 0 fully saturated rings. The van der Waals surface area contributed by atoms with Crippen molar-refractivity contribution in [2.45, 2.75) is 38.0 Å². The molecule has 3 aliphatic rings. The molecule has 0 radical (unpaired) electrons. The van der Waals surface area contributed by atoms with Crippen LogP contribution in [0.1, 0.15) is 31.4 Å². The Bertz CT molecular complexity index is 1680. The van der Waals surface area contributed by atoms with Gasteiger partial charge in [0.05, 0.1) is 5.69 Å². The van der Waals surface area contributed by atoms with Crippen LogP contribution in [0.15, 0.2) is 108 Å². The average Bonchev–Trinajstić information content (AvgIpc) is 3.16. The third kappa shape index (κ3) is 4.91. The summed E-state index contributed by atoms with van der Waals surface area (Å²) in [6, 6.07) is 32.4. The van der Waals surface area contributed by atoms with Crippen molar-refractivity contribution in [1.82, 2.24) is 0 Å². The molecule has 4 aromatic carbocycles. The Balaban J connectivity index is 0.000000138. The number of nitrogens with zero attached hydrogens (tertiary/aromatic N) is 1. The third-order valence-electron chi connectivity index (χ3n) is 7.52. The van der Waals surface area contributed by atoms with Crippen molar-refractivity contribution < 1.29 is 0 Å². The summed E-state index contributed by atoms with van der Waals surface area (Å²) >= 11 is 1.88. The van der Waals surface area contributed by atoms with Gasteiger partial charge in [0.2, 0.25) is 0 Å². The van der Waals surface area contributed by atoms with Gasteiger partial charge in [-0.15, -0.1) is 11.8 Å². The molecule has 1 nitrogen and oxygen atoms in total. The largest absolute Gasteiger partial charge is 0.316 e. The zero-order valence-corrected chi connectivity index (χ0v) is 22.5. The summed E-state index contributed by atoms with van der Waals surface area (Å²) in [5.74, 6) is 1.03. The second-order valence-corrected chi connectivity index (χ2v) is 11.8. The Morgan fingerprint density at radius 2 is 1.49 bits per heavy atom. The van der Waals surface area contributed by atoms with Gasteiger partial charge in [0.1, 0.15) is 0 Å². The number of thioether (sulfide) groups is 1. The molecule has 184 valence electrons. The van der Waals surface area contributed by atoms with E-state index in [0.717, 1.165) is 12.2 Å². The van der Waals surface area contributed by atoms with Crippen LogP contribution in [0.2, 0.25) is 0 Å². The van der Waals surface area contributed by atoms with Crippen LogP contribution in [0.25, 0.3) is 12.2 Å². The summed E-state index contributed by atoms with van der Waals surface area (Å²) < 4.78 is 0. The maximum atomic E-state index is 2.43. The van der Waals surface area contributed by atoms with Crippen LogP contribution in [0, 0.1) is 15.9 Å². The second-order valence-electron chi connectivity index (χ2n) is 10.8.